The van der Waals surface area contributed by atoms with Crippen molar-refractivity contribution in [3.63, 3.8) is 0 Å². The SMILES string of the molecule is CCC=CCC=CCC=CCC=CCC=CCCCCCC(=O)OC[C@H](CO)OC(=O)CCCCCCC=CCC=CCC=CCCCCC. The highest BCUT2D eigenvalue weighted by Gasteiger charge is 2.16. The Morgan fingerprint density at radius 1 is 0.480 bits per heavy atom. The molecule has 0 aromatic carbocycles. The second-order valence-corrected chi connectivity index (χ2v) is 12.6. The zero-order valence-electron chi connectivity index (χ0n) is 31.9. The van der Waals surface area contributed by atoms with Gasteiger partial charge in [0.1, 0.15) is 6.61 Å². The van der Waals surface area contributed by atoms with Crippen LogP contribution in [0.15, 0.2) is 97.2 Å². The van der Waals surface area contributed by atoms with E-state index in [0.29, 0.717) is 12.8 Å². The van der Waals surface area contributed by atoms with E-state index in [-0.39, 0.29) is 25.2 Å². The van der Waals surface area contributed by atoms with Crippen LogP contribution in [-0.2, 0) is 19.1 Å². The highest BCUT2D eigenvalue weighted by molar-refractivity contribution is 5.70. The quantitative estimate of drug-likeness (QED) is 0.0413. The number of carbonyl (C=O) groups excluding carboxylic acids is 2. The first-order valence-electron chi connectivity index (χ1n) is 19.8. The molecule has 0 aromatic rings. The molecule has 0 aromatic heterocycles. The van der Waals surface area contributed by atoms with Crippen molar-refractivity contribution < 1.29 is 24.2 Å². The first-order valence-corrected chi connectivity index (χ1v) is 19.8. The zero-order chi connectivity index (χ0) is 36.4. The van der Waals surface area contributed by atoms with Crippen LogP contribution in [0.1, 0.15) is 155 Å². The van der Waals surface area contributed by atoms with Crippen LogP contribution in [0, 0.1) is 0 Å². The van der Waals surface area contributed by atoms with Gasteiger partial charge in [-0.25, -0.2) is 0 Å². The minimum Gasteiger partial charge on any atom is -0.462 e. The topological polar surface area (TPSA) is 72.8 Å². The van der Waals surface area contributed by atoms with Gasteiger partial charge in [-0.2, -0.15) is 0 Å². The summed E-state index contributed by atoms with van der Waals surface area (Å²) in [6, 6.07) is 0. The van der Waals surface area contributed by atoms with Crippen molar-refractivity contribution in [1.29, 1.82) is 0 Å². The number of rotatable bonds is 34. The number of hydrogen-bond donors (Lipinski definition) is 1. The van der Waals surface area contributed by atoms with E-state index < -0.39 is 6.10 Å². The van der Waals surface area contributed by atoms with Crippen LogP contribution in [0.4, 0.5) is 0 Å². The number of aliphatic hydroxyl groups excluding tert-OH is 1. The van der Waals surface area contributed by atoms with Crippen molar-refractivity contribution in [3.8, 4) is 0 Å². The van der Waals surface area contributed by atoms with Gasteiger partial charge in [-0.05, 0) is 96.3 Å². The number of unbranched alkanes of at least 4 members (excludes halogenated alkanes) is 10. The van der Waals surface area contributed by atoms with Gasteiger partial charge in [0.05, 0.1) is 6.61 Å². The lowest BCUT2D eigenvalue weighted by Gasteiger charge is -2.15. The first kappa shape index (κ1) is 46.8. The summed E-state index contributed by atoms with van der Waals surface area (Å²) >= 11 is 0. The van der Waals surface area contributed by atoms with E-state index in [1.807, 2.05) is 0 Å². The number of esters is 2. The molecule has 0 saturated carbocycles. The lowest BCUT2D eigenvalue weighted by atomic mass is 10.1. The van der Waals surface area contributed by atoms with Gasteiger partial charge < -0.3 is 14.6 Å². The molecule has 0 aliphatic carbocycles. The zero-order valence-corrected chi connectivity index (χ0v) is 31.9. The summed E-state index contributed by atoms with van der Waals surface area (Å²) in [5, 5.41) is 9.55. The molecule has 0 spiro atoms. The van der Waals surface area contributed by atoms with E-state index in [1.54, 1.807) is 0 Å². The molecule has 0 fully saturated rings. The minimum atomic E-state index is -0.803. The number of hydrogen-bond acceptors (Lipinski definition) is 5. The molecule has 0 bridgehead atoms. The van der Waals surface area contributed by atoms with Crippen LogP contribution >= 0.6 is 0 Å². The number of aliphatic hydroxyl groups is 1. The Balaban J connectivity index is 3.72. The fourth-order valence-electron chi connectivity index (χ4n) is 4.88. The van der Waals surface area contributed by atoms with Crippen molar-refractivity contribution in [2.75, 3.05) is 13.2 Å². The molecule has 0 amide bonds. The molecule has 0 aliphatic rings. The maximum Gasteiger partial charge on any atom is 0.306 e. The molecule has 5 heteroatoms. The van der Waals surface area contributed by atoms with Gasteiger partial charge in [0, 0.05) is 12.8 Å². The average molecular weight is 693 g/mol. The minimum absolute atomic E-state index is 0.0988. The fourth-order valence-corrected chi connectivity index (χ4v) is 4.88. The molecule has 1 N–H and O–H groups in total. The molecule has 0 rings (SSSR count). The third kappa shape index (κ3) is 37.6. The smallest absolute Gasteiger partial charge is 0.306 e. The molecule has 0 aliphatic heterocycles. The fraction of sp³-hybridized carbons (Fsp3) is 0.600. The lowest BCUT2D eigenvalue weighted by Crippen LogP contribution is -2.28. The molecule has 0 saturated heterocycles. The maximum absolute atomic E-state index is 12.2. The van der Waals surface area contributed by atoms with Crippen LogP contribution in [0.5, 0.6) is 0 Å². The van der Waals surface area contributed by atoms with Crippen molar-refractivity contribution in [1.82, 2.24) is 0 Å². The standard InChI is InChI=1S/C45H72O5/c1-3-5-7-9-11-13-15-17-19-21-22-24-25-27-29-31-33-35-37-39-44(47)49-42-43(41-46)50-45(48)40-38-36-34-32-30-28-26-23-20-18-16-14-12-10-8-6-4-2/h5,7,11-14,17-20,22,24,26-29,43,46H,3-4,6,8-10,15-16,21,23,25,30-42H2,1-2H3/t43-/m0/s1. The summed E-state index contributed by atoms with van der Waals surface area (Å²) in [6.45, 7) is 3.93. The van der Waals surface area contributed by atoms with E-state index in [9.17, 15) is 14.7 Å². The maximum atomic E-state index is 12.2. The van der Waals surface area contributed by atoms with Crippen LogP contribution in [0.25, 0.3) is 0 Å². The summed E-state index contributed by atoms with van der Waals surface area (Å²) < 4.78 is 10.6. The number of ether oxygens (including phenoxy) is 2. The summed E-state index contributed by atoms with van der Waals surface area (Å²) in [5.74, 6) is -0.664. The van der Waals surface area contributed by atoms with Gasteiger partial charge in [0.15, 0.2) is 6.10 Å². The van der Waals surface area contributed by atoms with E-state index in [0.717, 1.165) is 103 Å². The van der Waals surface area contributed by atoms with E-state index in [2.05, 4.69) is 111 Å². The van der Waals surface area contributed by atoms with Gasteiger partial charge in [-0.1, -0.05) is 143 Å². The van der Waals surface area contributed by atoms with Crippen molar-refractivity contribution in [2.45, 2.75) is 161 Å². The van der Waals surface area contributed by atoms with Crippen molar-refractivity contribution >= 4 is 11.9 Å². The Morgan fingerprint density at radius 3 is 1.30 bits per heavy atom. The molecular weight excluding hydrogens is 620 g/mol. The predicted octanol–water partition coefficient (Wildman–Crippen LogP) is 12.5. The lowest BCUT2D eigenvalue weighted by molar-refractivity contribution is -0.161. The molecule has 0 unspecified atom stereocenters. The van der Waals surface area contributed by atoms with Crippen molar-refractivity contribution in [2.24, 2.45) is 0 Å². The van der Waals surface area contributed by atoms with Crippen LogP contribution in [0.2, 0.25) is 0 Å². The molecule has 0 radical (unpaired) electrons. The largest absolute Gasteiger partial charge is 0.462 e. The monoisotopic (exact) mass is 693 g/mol. The van der Waals surface area contributed by atoms with Crippen molar-refractivity contribution in [3.05, 3.63) is 97.2 Å². The Hall–Kier alpha value is -3.18. The highest BCUT2D eigenvalue weighted by Crippen LogP contribution is 2.10. The molecule has 1 atom stereocenters. The highest BCUT2D eigenvalue weighted by atomic mass is 16.6. The summed E-state index contributed by atoms with van der Waals surface area (Å²) in [4.78, 5) is 24.3. The van der Waals surface area contributed by atoms with E-state index in [1.165, 1.54) is 25.7 Å². The van der Waals surface area contributed by atoms with Crippen LogP contribution in [0.3, 0.4) is 0 Å². The van der Waals surface area contributed by atoms with E-state index in [4.69, 9.17) is 9.47 Å². The third-order valence-corrected chi connectivity index (χ3v) is 7.86. The van der Waals surface area contributed by atoms with Crippen LogP contribution < -0.4 is 0 Å². The Bertz CT molecular complexity index is 1010. The first-order chi connectivity index (χ1) is 24.6. The number of allylic oxidation sites excluding steroid dienone is 16. The second-order valence-electron chi connectivity index (χ2n) is 12.6. The summed E-state index contributed by atoms with van der Waals surface area (Å²) in [7, 11) is 0. The van der Waals surface area contributed by atoms with Gasteiger partial charge >= 0.3 is 11.9 Å². The van der Waals surface area contributed by atoms with Crippen LogP contribution in [-0.4, -0.2) is 36.4 Å². The van der Waals surface area contributed by atoms with Gasteiger partial charge in [0.2, 0.25) is 0 Å². The van der Waals surface area contributed by atoms with Gasteiger partial charge in [-0.15, -0.1) is 0 Å². The second kappa shape index (κ2) is 40.3. The Labute approximate surface area is 307 Å². The molecule has 0 heterocycles. The molecule has 282 valence electrons. The Kier molecular flexibility index (Phi) is 37.7. The average Bonchev–Trinajstić information content (AvgIpc) is 3.12. The summed E-state index contributed by atoms with van der Waals surface area (Å²) in [5.41, 5.74) is 0. The van der Waals surface area contributed by atoms with E-state index >= 15 is 0 Å². The Morgan fingerprint density at radius 2 is 0.860 bits per heavy atom. The molecule has 50 heavy (non-hydrogen) atoms. The van der Waals surface area contributed by atoms with Gasteiger partial charge in [-0.3, -0.25) is 9.59 Å². The number of carbonyl (C=O) groups is 2. The molecule has 5 nitrogen and oxygen atoms in total. The normalized spacial score (nSPS) is 13.3. The predicted molar refractivity (Wildman–Crippen MR) is 214 cm³/mol. The van der Waals surface area contributed by atoms with Gasteiger partial charge in [0.25, 0.3) is 0 Å². The third-order valence-electron chi connectivity index (χ3n) is 7.86. The molecular formula is C45H72O5. The summed E-state index contributed by atoms with van der Waals surface area (Å²) in [6.07, 6.45) is 56.0.